The average Bonchev–Trinajstić information content (AvgIpc) is 3.19. The lowest BCUT2D eigenvalue weighted by atomic mass is 9.81. The van der Waals surface area contributed by atoms with Crippen molar-refractivity contribution in [2.45, 2.75) is 63.1 Å². The first-order valence-electron chi connectivity index (χ1n) is 9.68. The topological polar surface area (TPSA) is 79.5 Å². The van der Waals surface area contributed by atoms with Crippen LogP contribution in [0.15, 0.2) is 30.3 Å². The summed E-state index contributed by atoms with van der Waals surface area (Å²) in [4.78, 5) is 25.3. The maximum absolute atomic E-state index is 12.9. The Bertz CT molecular complexity index is 594. The molecule has 3 N–H and O–H groups in total. The predicted octanol–water partition coefficient (Wildman–Crippen LogP) is 2.48. The molecule has 0 unspecified atom stereocenters. The Labute approximate surface area is 155 Å². The molecule has 1 aliphatic heterocycles. The molecule has 3 amide bonds. The summed E-state index contributed by atoms with van der Waals surface area (Å²) in [5.41, 5.74) is 0.223. The van der Waals surface area contributed by atoms with Crippen molar-refractivity contribution in [3.8, 4) is 0 Å². The fourth-order valence-corrected chi connectivity index (χ4v) is 3.78. The first-order chi connectivity index (χ1) is 12.7. The molecule has 1 atom stereocenters. The largest absolute Gasteiger partial charge is 0.376 e. The maximum Gasteiger partial charge on any atom is 0.315 e. The van der Waals surface area contributed by atoms with E-state index in [0.717, 1.165) is 44.3 Å². The molecule has 1 saturated carbocycles. The molecule has 2 fully saturated rings. The van der Waals surface area contributed by atoms with Crippen LogP contribution in [0.25, 0.3) is 0 Å². The SMILES string of the molecule is O=C(NCc1ccccc1)NC1(C(=O)NC[C@@H]2CCCO2)CCCCC1. The smallest absolute Gasteiger partial charge is 0.315 e. The lowest BCUT2D eigenvalue weighted by molar-refractivity contribution is -0.129. The van der Waals surface area contributed by atoms with E-state index < -0.39 is 5.54 Å². The highest BCUT2D eigenvalue weighted by Crippen LogP contribution is 2.28. The monoisotopic (exact) mass is 359 g/mol. The predicted molar refractivity (Wildman–Crippen MR) is 99.6 cm³/mol. The van der Waals surface area contributed by atoms with Crippen molar-refractivity contribution in [1.82, 2.24) is 16.0 Å². The Morgan fingerprint density at radius 1 is 1.04 bits per heavy atom. The molecular formula is C20H29N3O3. The van der Waals surface area contributed by atoms with Gasteiger partial charge in [0.25, 0.3) is 0 Å². The van der Waals surface area contributed by atoms with Gasteiger partial charge in [-0.05, 0) is 31.2 Å². The van der Waals surface area contributed by atoms with Crippen LogP contribution in [0.2, 0.25) is 0 Å². The second-order valence-electron chi connectivity index (χ2n) is 7.28. The van der Waals surface area contributed by atoms with Crippen LogP contribution in [0.3, 0.4) is 0 Å². The molecule has 1 aromatic carbocycles. The van der Waals surface area contributed by atoms with E-state index in [2.05, 4.69) is 16.0 Å². The van der Waals surface area contributed by atoms with Crippen molar-refractivity contribution in [3.05, 3.63) is 35.9 Å². The van der Waals surface area contributed by atoms with Gasteiger partial charge in [0.2, 0.25) is 5.91 Å². The van der Waals surface area contributed by atoms with Crippen molar-refractivity contribution in [1.29, 1.82) is 0 Å². The highest BCUT2D eigenvalue weighted by Gasteiger charge is 2.41. The molecule has 26 heavy (non-hydrogen) atoms. The van der Waals surface area contributed by atoms with Crippen LogP contribution >= 0.6 is 0 Å². The van der Waals surface area contributed by atoms with E-state index in [-0.39, 0.29) is 18.0 Å². The number of carbonyl (C=O) groups is 2. The average molecular weight is 359 g/mol. The van der Waals surface area contributed by atoms with E-state index in [0.29, 0.717) is 25.9 Å². The molecule has 1 saturated heterocycles. The molecule has 0 aromatic heterocycles. The van der Waals surface area contributed by atoms with Gasteiger partial charge < -0.3 is 20.7 Å². The van der Waals surface area contributed by atoms with Gasteiger partial charge in [0, 0.05) is 19.7 Å². The number of hydrogen-bond acceptors (Lipinski definition) is 3. The standard InChI is InChI=1S/C20H29N3O3/c24-18(21-15-17-10-7-13-26-17)20(11-5-2-6-12-20)23-19(25)22-14-16-8-3-1-4-9-16/h1,3-4,8-9,17H,2,5-7,10-15H2,(H,21,24)(H2,22,23,25)/t17-/m0/s1. The molecular weight excluding hydrogens is 330 g/mol. The van der Waals surface area contributed by atoms with Crippen LogP contribution < -0.4 is 16.0 Å². The van der Waals surface area contributed by atoms with Crippen molar-refractivity contribution in [2.75, 3.05) is 13.2 Å². The van der Waals surface area contributed by atoms with Crippen molar-refractivity contribution in [3.63, 3.8) is 0 Å². The normalized spacial score (nSPS) is 21.8. The maximum atomic E-state index is 12.9. The Morgan fingerprint density at radius 3 is 2.50 bits per heavy atom. The summed E-state index contributed by atoms with van der Waals surface area (Å²) < 4.78 is 5.58. The molecule has 0 radical (unpaired) electrons. The van der Waals surface area contributed by atoms with Crippen LogP contribution in [-0.4, -0.2) is 36.7 Å². The van der Waals surface area contributed by atoms with Crippen LogP contribution in [0.5, 0.6) is 0 Å². The summed E-state index contributed by atoms with van der Waals surface area (Å²) >= 11 is 0. The number of amides is 3. The molecule has 1 heterocycles. The van der Waals surface area contributed by atoms with Crippen LogP contribution in [-0.2, 0) is 16.1 Å². The quantitative estimate of drug-likeness (QED) is 0.730. The van der Waals surface area contributed by atoms with Gasteiger partial charge in [-0.1, -0.05) is 49.6 Å². The molecule has 0 spiro atoms. The van der Waals surface area contributed by atoms with Crippen molar-refractivity contribution >= 4 is 11.9 Å². The molecule has 3 rings (SSSR count). The molecule has 1 aromatic rings. The summed E-state index contributed by atoms with van der Waals surface area (Å²) in [5, 5.41) is 8.85. The molecule has 142 valence electrons. The van der Waals surface area contributed by atoms with Gasteiger partial charge in [-0.3, -0.25) is 4.79 Å². The molecule has 1 aliphatic carbocycles. The van der Waals surface area contributed by atoms with Gasteiger partial charge in [0.1, 0.15) is 5.54 Å². The van der Waals surface area contributed by atoms with E-state index >= 15 is 0 Å². The Morgan fingerprint density at radius 2 is 1.81 bits per heavy atom. The number of rotatable bonds is 6. The van der Waals surface area contributed by atoms with E-state index in [4.69, 9.17) is 4.74 Å². The van der Waals surface area contributed by atoms with Crippen LogP contribution in [0.4, 0.5) is 4.79 Å². The Hall–Kier alpha value is -2.08. The highest BCUT2D eigenvalue weighted by molar-refractivity contribution is 5.91. The summed E-state index contributed by atoms with van der Waals surface area (Å²) in [5.74, 6) is -0.0810. The fourth-order valence-electron chi connectivity index (χ4n) is 3.78. The van der Waals surface area contributed by atoms with Gasteiger partial charge in [-0.25, -0.2) is 4.79 Å². The van der Waals surface area contributed by atoms with Gasteiger partial charge in [-0.15, -0.1) is 0 Å². The molecule has 0 bridgehead atoms. The number of ether oxygens (including phenoxy) is 1. The molecule has 6 heteroatoms. The summed E-state index contributed by atoms with van der Waals surface area (Å²) in [6, 6.07) is 9.46. The number of hydrogen-bond donors (Lipinski definition) is 3. The first-order valence-corrected chi connectivity index (χ1v) is 9.68. The van der Waals surface area contributed by atoms with Crippen molar-refractivity contribution in [2.24, 2.45) is 0 Å². The zero-order valence-corrected chi connectivity index (χ0v) is 15.3. The number of carbonyl (C=O) groups excluding carboxylic acids is 2. The zero-order valence-electron chi connectivity index (χ0n) is 15.3. The Balaban J connectivity index is 1.55. The molecule has 2 aliphatic rings. The summed E-state index contributed by atoms with van der Waals surface area (Å²) in [6.07, 6.45) is 6.51. The van der Waals surface area contributed by atoms with Crippen LogP contribution in [0.1, 0.15) is 50.5 Å². The van der Waals surface area contributed by atoms with E-state index in [1.165, 1.54) is 0 Å². The van der Waals surface area contributed by atoms with E-state index in [9.17, 15) is 9.59 Å². The van der Waals surface area contributed by atoms with Gasteiger partial charge >= 0.3 is 6.03 Å². The van der Waals surface area contributed by atoms with E-state index in [1.54, 1.807) is 0 Å². The third-order valence-corrected chi connectivity index (χ3v) is 5.30. The second kappa shape index (κ2) is 9.03. The minimum absolute atomic E-state index is 0.0810. The number of benzene rings is 1. The second-order valence-corrected chi connectivity index (χ2v) is 7.28. The lowest BCUT2D eigenvalue weighted by Gasteiger charge is -2.36. The third-order valence-electron chi connectivity index (χ3n) is 5.30. The Kier molecular flexibility index (Phi) is 6.50. The minimum atomic E-state index is -0.808. The number of urea groups is 1. The summed E-state index contributed by atoms with van der Waals surface area (Å²) in [6.45, 7) is 1.74. The minimum Gasteiger partial charge on any atom is -0.376 e. The zero-order chi connectivity index (χ0) is 18.2. The number of nitrogens with one attached hydrogen (secondary N) is 3. The highest BCUT2D eigenvalue weighted by atomic mass is 16.5. The molecule has 6 nitrogen and oxygen atoms in total. The van der Waals surface area contributed by atoms with Gasteiger partial charge in [0.15, 0.2) is 0 Å². The fraction of sp³-hybridized carbons (Fsp3) is 0.600. The van der Waals surface area contributed by atoms with Gasteiger partial charge in [-0.2, -0.15) is 0 Å². The first kappa shape index (κ1) is 18.7. The lowest BCUT2D eigenvalue weighted by Crippen LogP contribution is -2.62. The van der Waals surface area contributed by atoms with Crippen LogP contribution in [0, 0.1) is 0 Å². The van der Waals surface area contributed by atoms with Crippen molar-refractivity contribution < 1.29 is 14.3 Å². The summed E-state index contributed by atoms with van der Waals surface area (Å²) in [7, 11) is 0. The van der Waals surface area contributed by atoms with Gasteiger partial charge in [0.05, 0.1) is 6.10 Å². The van der Waals surface area contributed by atoms with E-state index in [1.807, 2.05) is 30.3 Å². The third kappa shape index (κ3) is 4.97.